The number of carbonyl (C=O) groups is 1. The molecule has 0 radical (unpaired) electrons. The van der Waals surface area contributed by atoms with Crippen molar-refractivity contribution in [1.82, 2.24) is 20.4 Å². The van der Waals surface area contributed by atoms with Gasteiger partial charge in [-0.2, -0.15) is 0 Å². The number of likely N-dealkylation sites (tertiary alicyclic amines) is 1. The van der Waals surface area contributed by atoms with E-state index in [1.54, 1.807) is 26.0 Å². The molecule has 6 nitrogen and oxygen atoms in total. The number of nitrogens with one attached hydrogen (secondary N) is 2. The first-order chi connectivity index (χ1) is 11.6. The topological polar surface area (TPSA) is 60.0 Å². The van der Waals surface area contributed by atoms with Crippen LogP contribution < -0.4 is 10.6 Å². The maximum Gasteiger partial charge on any atom is 0.223 e. The summed E-state index contributed by atoms with van der Waals surface area (Å²) in [5.74, 6) is 0.869. The van der Waals surface area contributed by atoms with Crippen molar-refractivity contribution in [3.8, 4) is 0 Å². The largest absolute Gasteiger partial charge is 0.356 e. The Labute approximate surface area is 148 Å². The van der Waals surface area contributed by atoms with E-state index in [4.69, 9.17) is 0 Å². The smallest absolute Gasteiger partial charge is 0.223 e. The van der Waals surface area contributed by atoms with E-state index in [0.717, 1.165) is 25.6 Å². The molecule has 1 aromatic heterocycles. The highest BCUT2D eigenvalue weighted by molar-refractivity contribution is 7.10. The molecule has 24 heavy (non-hydrogen) atoms. The van der Waals surface area contributed by atoms with Crippen LogP contribution in [-0.2, 0) is 4.79 Å². The molecule has 1 fully saturated rings. The summed E-state index contributed by atoms with van der Waals surface area (Å²) >= 11 is 1.81. The lowest BCUT2D eigenvalue weighted by atomic mass is 10.2. The van der Waals surface area contributed by atoms with E-state index >= 15 is 0 Å². The fourth-order valence-electron chi connectivity index (χ4n) is 2.87. The van der Waals surface area contributed by atoms with Gasteiger partial charge in [-0.1, -0.05) is 6.07 Å². The first-order valence-electron chi connectivity index (χ1n) is 8.54. The normalized spacial score (nSPS) is 16.9. The molecule has 1 unspecified atom stereocenters. The molecule has 1 atom stereocenters. The van der Waals surface area contributed by atoms with Crippen molar-refractivity contribution in [1.29, 1.82) is 0 Å². The molecule has 1 amide bonds. The zero-order valence-corrected chi connectivity index (χ0v) is 15.7. The predicted molar refractivity (Wildman–Crippen MR) is 101 cm³/mol. The monoisotopic (exact) mass is 351 g/mol. The molecule has 0 aliphatic carbocycles. The average molecular weight is 352 g/mol. The Hall–Kier alpha value is -1.60. The summed E-state index contributed by atoms with van der Waals surface area (Å²) in [6.07, 6.45) is 3.02. The summed E-state index contributed by atoms with van der Waals surface area (Å²) < 4.78 is 0. The quantitative estimate of drug-likeness (QED) is 0.578. The van der Waals surface area contributed by atoms with Gasteiger partial charge in [0.1, 0.15) is 0 Å². The van der Waals surface area contributed by atoms with Crippen molar-refractivity contribution in [3.63, 3.8) is 0 Å². The van der Waals surface area contributed by atoms with Crippen LogP contribution in [0.5, 0.6) is 0 Å². The van der Waals surface area contributed by atoms with Crippen LogP contribution >= 0.6 is 11.3 Å². The van der Waals surface area contributed by atoms with Crippen molar-refractivity contribution in [2.75, 3.05) is 47.3 Å². The van der Waals surface area contributed by atoms with Gasteiger partial charge in [-0.3, -0.25) is 14.7 Å². The molecule has 1 aliphatic heterocycles. The van der Waals surface area contributed by atoms with Gasteiger partial charge >= 0.3 is 0 Å². The third kappa shape index (κ3) is 5.49. The van der Waals surface area contributed by atoms with Crippen LogP contribution in [-0.4, -0.2) is 69.0 Å². The Morgan fingerprint density at radius 3 is 2.71 bits per heavy atom. The molecule has 0 bridgehead atoms. The second-order valence-corrected chi connectivity index (χ2v) is 7.17. The molecule has 134 valence electrons. The van der Waals surface area contributed by atoms with Crippen molar-refractivity contribution < 1.29 is 4.79 Å². The number of hydrogen-bond acceptors (Lipinski definition) is 4. The highest BCUT2D eigenvalue weighted by Gasteiger charge is 2.24. The zero-order valence-electron chi connectivity index (χ0n) is 14.9. The number of rotatable bonds is 7. The van der Waals surface area contributed by atoms with E-state index in [1.165, 1.54) is 17.7 Å². The average Bonchev–Trinajstić information content (AvgIpc) is 3.27. The van der Waals surface area contributed by atoms with Crippen LogP contribution in [0.4, 0.5) is 0 Å². The minimum atomic E-state index is 0.117. The van der Waals surface area contributed by atoms with Gasteiger partial charge in [0.25, 0.3) is 0 Å². The van der Waals surface area contributed by atoms with Crippen LogP contribution in [0.2, 0.25) is 0 Å². The highest BCUT2D eigenvalue weighted by Crippen LogP contribution is 2.27. The lowest BCUT2D eigenvalue weighted by Gasteiger charge is -2.27. The fourth-order valence-corrected chi connectivity index (χ4v) is 3.73. The van der Waals surface area contributed by atoms with Crippen molar-refractivity contribution in [2.24, 2.45) is 4.99 Å². The summed E-state index contributed by atoms with van der Waals surface area (Å²) in [6, 6.07) is 4.71. The van der Waals surface area contributed by atoms with Crippen LogP contribution in [0.3, 0.4) is 0 Å². The minimum absolute atomic E-state index is 0.117. The molecule has 7 heteroatoms. The van der Waals surface area contributed by atoms with E-state index in [-0.39, 0.29) is 5.91 Å². The van der Waals surface area contributed by atoms with E-state index in [2.05, 4.69) is 38.0 Å². The van der Waals surface area contributed by atoms with Gasteiger partial charge in [0.2, 0.25) is 5.91 Å². The van der Waals surface area contributed by atoms with Crippen LogP contribution in [0.25, 0.3) is 0 Å². The molecule has 2 N–H and O–H groups in total. The molecule has 0 saturated carbocycles. The SMILES string of the molecule is CN=C(NCCC(=O)N(C)C)NCC(c1cccs1)N1CCCC1. The van der Waals surface area contributed by atoms with Gasteiger partial charge in [-0.05, 0) is 37.4 Å². The molecule has 2 rings (SSSR count). The van der Waals surface area contributed by atoms with Crippen LogP contribution in [0.1, 0.15) is 30.2 Å². The number of aliphatic imine (C=N–C) groups is 1. The summed E-state index contributed by atoms with van der Waals surface area (Å²) in [5.41, 5.74) is 0. The first-order valence-corrected chi connectivity index (χ1v) is 9.42. The van der Waals surface area contributed by atoms with Crippen molar-refractivity contribution in [2.45, 2.75) is 25.3 Å². The second kappa shape index (κ2) is 9.64. The summed E-state index contributed by atoms with van der Waals surface area (Å²) in [7, 11) is 5.31. The van der Waals surface area contributed by atoms with Gasteiger partial charge in [0, 0.05) is 45.5 Å². The molecular weight excluding hydrogens is 322 g/mol. The van der Waals surface area contributed by atoms with E-state index in [0.29, 0.717) is 19.0 Å². The number of guanidine groups is 1. The van der Waals surface area contributed by atoms with Crippen LogP contribution in [0.15, 0.2) is 22.5 Å². The van der Waals surface area contributed by atoms with Crippen molar-refractivity contribution >= 4 is 23.2 Å². The molecule has 1 aromatic rings. The molecule has 0 aromatic carbocycles. The molecule has 1 aliphatic rings. The van der Waals surface area contributed by atoms with Crippen molar-refractivity contribution in [3.05, 3.63) is 22.4 Å². The standard InChI is InChI=1S/C17H29N5OS/c1-18-17(19-9-8-16(23)21(2)3)20-13-14(15-7-6-12-24-15)22-10-4-5-11-22/h6-7,12,14H,4-5,8-11,13H2,1-3H3,(H2,18,19,20). The number of amides is 1. The fraction of sp³-hybridized carbons (Fsp3) is 0.647. The lowest BCUT2D eigenvalue weighted by Crippen LogP contribution is -2.43. The van der Waals surface area contributed by atoms with Gasteiger partial charge in [0.05, 0.1) is 6.04 Å². The summed E-state index contributed by atoms with van der Waals surface area (Å²) in [5, 5.41) is 8.78. The van der Waals surface area contributed by atoms with E-state index < -0.39 is 0 Å². The van der Waals surface area contributed by atoms with E-state index in [9.17, 15) is 4.79 Å². The first kappa shape index (κ1) is 18.7. The third-order valence-electron chi connectivity index (χ3n) is 4.27. The minimum Gasteiger partial charge on any atom is -0.356 e. The highest BCUT2D eigenvalue weighted by atomic mass is 32.1. The van der Waals surface area contributed by atoms with Gasteiger partial charge in [0.15, 0.2) is 5.96 Å². The molecule has 1 saturated heterocycles. The van der Waals surface area contributed by atoms with Gasteiger partial charge in [-0.15, -0.1) is 11.3 Å². The summed E-state index contributed by atoms with van der Waals surface area (Å²) in [6.45, 7) is 3.73. The summed E-state index contributed by atoms with van der Waals surface area (Å²) in [4.78, 5) is 21.4. The number of thiophene rings is 1. The second-order valence-electron chi connectivity index (χ2n) is 6.19. The Balaban J connectivity index is 1.84. The number of hydrogen-bond donors (Lipinski definition) is 2. The van der Waals surface area contributed by atoms with Crippen LogP contribution in [0, 0.1) is 0 Å². The predicted octanol–water partition coefficient (Wildman–Crippen LogP) is 1.53. The molecular formula is C17H29N5OS. The Morgan fingerprint density at radius 1 is 1.38 bits per heavy atom. The Bertz CT molecular complexity index is 523. The number of carbonyl (C=O) groups excluding carboxylic acids is 1. The number of nitrogens with zero attached hydrogens (tertiary/aromatic N) is 3. The molecule has 2 heterocycles. The van der Waals surface area contributed by atoms with Gasteiger partial charge < -0.3 is 15.5 Å². The third-order valence-corrected chi connectivity index (χ3v) is 5.24. The maximum absolute atomic E-state index is 11.6. The molecule has 0 spiro atoms. The van der Waals surface area contributed by atoms with Gasteiger partial charge in [-0.25, -0.2) is 0 Å². The maximum atomic E-state index is 11.6. The Morgan fingerprint density at radius 2 is 2.12 bits per heavy atom. The lowest BCUT2D eigenvalue weighted by molar-refractivity contribution is -0.128. The van der Waals surface area contributed by atoms with E-state index in [1.807, 2.05) is 11.3 Å². The zero-order chi connectivity index (χ0) is 17.4. The Kier molecular flexibility index (Phi) is 7.52.